The molecule has 3 nitrogen and oxygen atoms in total. The Morgan fingerprint density at radius 3 is 2.31 bits per heavy atom. The maximum absolute atomic E-state index is 13.1. The maximum atomic E-state index is 13.1. The lowest BCUT2D eigenvalue weighted by Crippen LogP contribution is -2.24. The Morgan fingerprint density at radius 1 is 1.10 bits per heavy atom. The van der Waals surface area contributed by atoms with Gasteiger partial charge in [0.1, 0.15) is 0 Å². The van der Waals surface area contributed by atoms with Crippen LogP contribution in [0.3, 0.4) is 0 Å². The molecular weight excluding hydrogens is 399 g/mol. The number of benzene rings is 2. The molecule has 1 amide bonds. The van der Waals surface area contributed by atoms with E-state index in [1.807, 2.05) is 26.8 Å². The van der Waals surface area contributed by atoms with Crippen LogP contribution in [0.15, 0.2) is 30.3 Å². The van der Waals surface area contributed by atoms with E-state index in [1.54, 1.807) is 6.92 Å². The number of carbonyl (C=O) groups is 2. The summed E-state index contributed by atoms with van der Waals surface area (Å²) in [6.07, 6.45) is -4.54. The number of hydrogen-bond donors (Lipinski definition) is 1. The average molecular weight is 424 g/mol. The molecule has 0 radical (unpaired) electrons. The molecule has 1 N–H and O–H groups in total. The topological polar surface area (TPSA) is 46.2 Å². The van der Waals surface area contributed by atoms with Gasteiger partial charge in [-0.15, -0.1) is 11.8 Å². The fraction of sp³-hybridized carbons (Fsp3) is 0.364. The second-order valence-corrected chi connectivity index (χ2v) is 8.36. The van der Waals surface area contributed by atoms with E-state index >= 15 is 0 Å². The van der Waals surface area contributed by atoms with Gasteiger partial charge in [-0.25, -0.2) is 0 Å². The van der Waals surface area contributed by atoms with E-state index in [1.165, 1.54) is 36.9 Å². The van der Waals surface area contributed by atoms with E-state index in [9.17, 15) is 22.8 Å². The first-order valence-electron chi connectivity index (χ1n) is 9.12. The fourth-order valence-corrected chi connectivity index (χ4v) is 4.42. The third-order valence-corrected chi connectivity index (χ3v) is 5.99. The Kier molecular flexibility index (Phi) is 7.16. The molecule has 7 heteroatoms. The number of anilines is 1. The van der Waals surface area contributed by atoms with Crippen molar-refractivity contribution in [3.8, 4) is 0 Å². The Balaban J connectivity index is 2.15. The largest absolute Gasteiger partial charge is 0.418 e. The highest BCUT2D eigenvalue weighted by Crippen LogP contribution is 2.35. The summed E-state index contributed by atoms with van der Waals surface area (Å²) in [7, 11) is 0. The summed E-state index contributed by atoms with van der Waals surface area (Å²) in [6.45, 7) is 8.90. The van der Waals surface area contributed by atoms with Crippen LogP contribution in [0.4, 0.5) is 18.9 Å². The van der Waals surface area contributed by atoms with Gasteiger partial charge in [-0.2, -0.15) is 13.2 Å². The monoisotopic (exact) mass is 423 g/mol. The van der Waals surface area contributed by atoms with Gasteiger partial charge >= 0.3 is 6.18 Å². The second kappa shape index (κ2) is 9.03. The summed E-state index contributed by atoms with van der Waals surface area (Å²) in [5.41, 5.74) is 3.35. The Hall–Kier alpha value is -2.28. The predicted octanol–water partition coefficient (Wildman–Crippen LogP) is 6.09. The Morgan fingerprint density at radius 2 is 1.72 bits per heavy atom. The molecule has 0 aromatic heterocycles. The van der Waals surface area contributed by atoms with E-state index in [0.717, 1.165) is 28.3 Å². The van der Waals surface area contributed by atoms with Crippen molar-refractivity contribution in [3.05, 3.63) is 63.7 Å². The van der Waals surface area contributed by atoms with E-state index in [0.29, 0.717) is 11.3 Å². The van der Waals surface area contributed by atoms with Crippen LogP contribution in [-0.2, 0) is 16.7 Å². The maximum Gasteiger partial charge on any atom is 0.418 e. The molecule has 1 atom stereocenters. The van der Waals surface area contributed by atoms with Crippen LogP contribution in [0.5, 0.6) is 0 Å². The van der Waals surface area contributed by atoms with Gasteiger partial charge in [0, 0.05) is 11.3 Å². The van der Waals surface area contributed by atoms with E-state index in [4.69, 9.17) is 0 Å². The van der Waals surface area contributed by atoms with Crippen molar-refractivity contribution >= 4 is 29.1 Å². The van der Waals surface area contributed by atoms with E-state index in [-0.39, 0.29) is 11.5 Å². The number of Topliss-reactive ketones (excluding diaryl/α,β-unsaturated/α-hetero) is 1. The zero-order valence-electron chi connectivity index (χ0n) is 17.0. The number of para-hydroxylation sites is 1. The smallest absolute Gasteiger partial charge is 0.325 e. The molecule has 0 aliphatic heterocycles. The number of alkyl halides is 3. The van der Waals surface area contributed by atoms with Crippen LogP contribution in [0.2, 0.25) is 0 Å². The van der Waals surface area contributed by atoms with Crippen molar-refractivity contribution in [3.63, 3.8) is 0 Å². The van der Waals surface area contributed by atoms with Crippen LogP contribution in [-0.4, -0.2) is 16.9 Å². The van der Waals surface area contributed by atoms with Crippen molar-refractivity contribution in [1.29, 1.82) is 0 Å². The van der Waals surface area contributed by atoms with Gasteiger partial charge in [0.2, 0.25) is 5.91 Å². The molecule has 0 heterocycles. The van der Waals surface area contributed by atoms with Gasteiger partial charge in [-0.05, 0) is 69.0 Å². The van der Waals surface area contributed by atoms with Gasteiger partial charge in [-0.1, -0.05) is 18.2 Å². The molecule has 0 fully saturated rings. The fourth-order valence-electron chi connectivity index (χ4n) is 3.35. The zero-order valence-corrected chi connectivity index (χ0v) is 17.8. The highest BCUT2D eigenvalue weighted by molar-refractivity contribution is 7.99. The van der Waals surface area contributed by atoms with Crippen LogP contribution in [0.25, 0.3) is 0 Å². The van der Waals surface area contributed by atoms with Crippen molar-refractivity contribution in [2.24, 2.45) is 0 Å². The number of ketones is 1. The van der Waals surface area contributed by atoms with Gasteiger partial charge in [0.25, 0.3) is 0 Å². The van der Waals surface area contributed by atoms with Crippen molar-refractivity contribution in [2.75, 3.05) is 5.32 Å². The van der Waals surface area contributed by atoms with E-state index < -0.39 is 22.9 Å². The molecule has 2 aromatic rings. The van der Waals surface area contributed by atoms with Gasteiger partial charge in [0.05, 0.1) is 16.5 Å². The molecule has 0 aliphatic rings. The second-order valence-electron chi connectivity index (χ2n) is 7.03. The molecule has 29 heavy (non-hydrogen) atoms. The van der Waals surface area contributed by atoms with Gasteiger partial charge < -0.3 is 5.32 Å². The number of halogens is 3. The van der Waals surface area contributed by atoms with Crippen molar-refractivity contribution < 1.29 is 22.8 Å². The van der Waals surface area contributed by atoms with E-state index in [2.05, 4.69) is 5.32 Å². The summed E-state index contributed by atoms with van der Waals surface area (Å²) in [4.78, 5) is 24.4. The quantitative estimate of drug-likeness (QED) is 0.572. The van der Waals surface area contributed by atoms with Crippen molar-refractivity contribution in [1.82, 2.24) is 0 Å². The van der Waals surface area contributed by atoms with Crippen LogP contribution in [0, 0.1) is 20.8 Å². The molecule has 0 spiro atoms. The molecule has 2 aromatic carbocycles. The minimum Gasteiger partial charge on any atom is -0.325 e. The Labute approximate surface area is 173 Å². The number of hydrogen-bond acceptors (Lipinski definition) is 3. The standard InChI is InChI=1S/C22H24F3NO2S/c1-12-10-13(2)20(15(4)27)14(3)17(12)11-29-16(5)21(28)26-19-9-7-6-8-18(19)22(23,24)25/h6-10,16H,11H2,1-5H3,(H,26,28)/t16-/m0/s1. The summed E-state index contributed by atoms with van der Waals surface area (Å²) in [5, 5.41) is 1.82. The molecule has 0 unspecified atom stereocenters. The van der Waals surface area contributed by atoms with Crippen LogP contribution < -0.4 is 5.32 Å². The molecule has 0 aliphatic carbocycles. The summed E-state index contributed by atoms with van der Waals surface area (Å²) < 4.78 is 39.3. The highest BCUT2D eigenvalue weighted by Gasteiger charge is 2.33. The lowest BCUT2D eigenvalue weighted by molar-refractivity contribution is -0.137. The number of carbonyl (C=O) groups excluding carboxylic acids is 2. The zero-order chi connectivity index (χ0) is 21.9. The third kappa shape index (κ3) is 5.41. The van der Waals surface area contributed by atoms with Crippen LogP contribution >= 0.6 is 11.8 Å². The molecule has 0 saturated heterocycles. The lowest BCUT2D eigenvalue weighted by atomic mass is 9.92. The molecule has 156 valence electrons. The first kappa shape index (κ1) is 23.0. The summed E-state index contributed by atoms with van der Waals surface area (Å²) in [6, 6.07) is 6.86. The van der Waals surface area contributed by atoms with Gasteiger partial charge in [-0.3, -0.25) is 9.59 Å². The molecule has 0 bridgehead atoms. The number of nitrogens with one attached hydrogen (secondary N) is 1. The first-order chi connectivity index (χ1) is 13.4. The minimum atomic E-state index is -4.54. The first-order valence-corrected chi connectivity index (χ1v) is 10.2. The normalized spacial score (nSPS) is 12.6. The lowest BCUT2D eigenvalue weighted by Gasteiger charge is -2.18. The molecule has 2 rings (SSSR count). The molecule has 0 saturated carbocycles. The van der Waals surface area contributed by atoms with Crippen LogP contribution in [0.1, 0.15) is 52.0 Å². The number of rotatable bonds is 6. The third-order valence-electron chi connectivity index (χ3n) is 4.82. The summed E-state index contributed by atoms with van der Waals surface area (Å²) in [5.74, 6) is -0.0324. The molecular formula is C22H24F3NO2S. The van der Waals surface area contributed by atoms with Gasteiger partial charge in [0.15, 0.2) is 5.78 Å². The van der Waals surface area contributed by atoms with Crippen molar-refractivity contribution in [2.45, 2.75) is 51.8 Å². The SMILES string of the molecule is CC(=O)c1c(C)cc(C)c(CS[C@@H](C)C(=O)Nc2ccccc2C(F)(F)F)c1C. The summed E-state index contributed by atoms with van der Waals surface area (Å²) >= 11 is 1.32. The minimum absolute atomic E-state index is 0.0131. The Bertz CT molecular complexity index is 938. The number of aryl methyl sites for hydroxylation is 2. The number of thioether (sulfide) groups is 1. The number of amides is 1. The average Bonchev–Trinajstić information content (AvgIpc) is 2.60. The predicted molar refractivity (Wildman–Crippen MR) is 111 cm³/mol. The highest BCUT2D eigenvalue weighted by atomic mass is 32.2.